The van der Waals surface area contributed by atoms with E-state index in [-0.39, 0.29) is 18.9 Å². The summed E-state index contributed by atoms with van der Waals surface area (Å²) in [6.45, 7) is -1.83. The molecule has 3 aromatic carbocycles. The van der Waals surface area contributed by atoms with E-state index in [1.165, 1.54) is 15.9 Å². The van der Waals surface area contributed by atoms with Gasteiger partial charge in [-0.3, -0.25) is 0 Å². The summed E-state index contributed by atoms with van der Waals surface area (Å²) in [5.74, 6) is 0. The predicted octanol–water partition coefficient (Wildman–Crippen LogP) is 0.217. The average molecular weight is 282 g/mol. The van der Waals surface area contributed by atoms with E-state index < -0.39 is 6.89 Å². The normalized spacial score (nSPS) is 10.7. The zero-order valence-electron chi connectivity index (χ0n) is 12.2. The molecule has 0 unspecified atom stereocenters. The van der Waals surface area contributed by atoms with Crippen LogP contribution in [0.4, 0.5) is 0 Å². The summed E-state index contributed by atoms with van der Waals surface area (Å²) in [4.78, 5) is 0. The third-order valence-corrected chi connectivity index (χ3v) is 6.96. The number of hydrogen-bond acceptors (Lipinski definition) is 0. The van der Waals surface area contributed by atoms with E-state index in [2.05, 4.69) is 73.0 Å². The molecule has 0 atom stereocenters. The van der Waals surface area contributed by atoms with E-state index >= 15 is 0 Å². The molecule has 0 N–H and O–H groups in total. The molecule has 0 fully saturated rings. The van der Waals surface area contributed by atoms with Crippen LogP contribution in [0, 0.1) is 6.07 Å². The third-order valence-electron chi connectivity index (χ3n) is 3.50. The van der Waals surface area contributed by atoms with E-state index in [0.29, 0.717) is 0 Å². The number of hydrogen-bond donors (Lipinski definition) is 0. The van der Waals surface area contributed by atoms with Crippen LogP contribution in [0.1, 0.15) is 0 Å². The Hall–Kier alpha value is -1.44. The van der Waals surface area contributed by atoms with Gasteiger partial charge in [0.1, 0.15) is 0 Å². The van der Waals surface area contributed by atoms with E-state index in [1.54, 1.807) is 0 Å². The van der Waals surface area contributed by atoms with E-state index in [0.717, 1.165) is 0 Å². The summed E-state index contributed by atoms with van der Waals surface area (Å²) >= 11 is 0. The minimum atomic E-state index is -1.83. The Morgan fingerprint density at radius 1 is 0.667 bits per heavy atom. The molecule has 0 nitrogen and oxygen atoms in total. The van der Waals surface area contributed by atoms with Crippen LogP contribution in [-0.2, 0) is 0 Å². The fourth-order valence-electron chi connectivity index (χ4n) is 2.41. The Morgan fingerprint density at radius 3 is 1.57 bits per heavy atom. The molecule has 0 saturated carbocycles. The zero-order valence-corrected chi connectivity index (χ0v) is 13.1. The Bertz CT molecular complexity index is 618. The average Bonchev–Trinajstić information content (AvgIpc) is 2.56. The molecule has 0 heterocycles. The second-order valence-corrected chi connectivity index (χ2v) is 7.86. The first-order valence-electron chi connectivity index (χ1n) is 6.64. The van der Waals surface area contributed by atoms with Crippen molar-refractivity contribution in [3.8, 4) is 0 Å². The molecular formula is C19H16LiP. The maximum Gasteiger partial charge on any atom is 1.00 e. The smallest absolute Gasteiger partial charge is 0.176 e. The summed E-state index contributed by atoms with van der Waals surface area (Å²) in [5.41, 5.74) is 0. The quantitative estimate of drug-likeness (QED) is 0.366. The molecule has 3 rings (SSSR count). The molecule has 98 valence electrons. The van der Waals surface area contributed by atoms with Crippen LogP contribution in [0.5, 0.6) is 0 Å². The van der Waals surface area contributed by atoms with Gasteiger partial charge in [-0.15, -0.1) is 5.30 Å². The van der Waals surface area contributed by atoms with Gasteiger partial charge >= 0.3 is 18.9 Å². The molecule has 0 saturated heterocycles. The van der Waals surface area contributed by atoms with Crippen molar-refractivity contribution in [3.63, 3.8) is 0 Å². The summed E-state index contributed by atoms with van der Waals surface area (Å²) in [6.07, 6.45) is 4.66. The largest absolute Gasteiger partial charge is 1.00 e. The van der Waals surface area contributed by atoms with Crippen LogP contribution in [0.3, 0.4) is 0 Å². The van der Waals surface area contributed by atoms with E-state index in [1.807, 2.05) is 24.3 Å². The first kappa shape index (κ1) is 15.9. The predicted molar refractivity (Wildman–Crippen MR) is 91.1 cm³/mol. The molecule has 0 radical (unpaired) electrons. The van der Waals surface area contributed by atoms with Gasteiger partial charge < -0.3 is 0 Å². The first-order chi connectivity index (χ1) is 9.82. The molecule has 0 aliphatic rings. The van der Waals surface area contributed by atoms with Crippen LogP contribution >= 0.6 is 6.89 Å². The molecule has 2 heteroatoms. The Balaban J connectivity index is 0.00000161. The maximum atomic E-state index is 4.66. The standard InChI is InChI=1S/C19H16P.Li/c1-20(17-11-5-2-6-12-17,18-13-7-3-8-14-18)19-15-9-4-10-16-19;/h2-15H,1H2;/q-1;+1. The molecule has 3 aromatic rings. The fraction of sp³-hybridized carbons (Fsp3) is 0. The van der Waals surface area contributed by atoms with Crippen molar-refractivity contribution in [2.45, 2.75) is 0 Å². The Labute approximate surface area is 139 Å². The van der Waals surface area contributed by atoms with Gasteiger partial charge in [0.15, 0.2) is 0 Å². The SMILES string of the molecule is C=P(c1[c-]cccc1)(c1ccccc1)c1ccccc1.[Li+]. The van der Waals surface area contributed by atoms with Crippen LogP contribution in [0.15, 0.2) is 84.9 Å². The van der Waals surface area contributed by atoms with Crippen molar-refractivity contribution in [3.05, 3.63) is 91.0 Å². The van der Waals surface area contributed by atoms with E-state index in [4.69, 9.17) is 0 Å². The molecule has 0 bridgehead atoms. The van der Waals surface area contributed by atoms with Crippen molar-refractivity contribution in [2.75, 3.05) is 0 Å². The third kappa shape index (κ3) is 3.09. The molecule has 21 heavy (non-hydrogen) atoms. The molecule has 0 aromatic heterocycles. The van der Waals surface area contributed by atoms with Crippen LogP contribution in [-0.4, -0.2) is 6.30 Å². The van der Waals surface area contributed by atoms with Gasteiger partial charge in [-0.25, -0.2) is 0 Å². The second-order valence-electron chi connectivity index (χ2n) is 4.73. The van der Waals surface area contributed by atoms with Gasteiger partial charge in [-0.05, 0) is 10.6 Å². The van der Waals surface area contributed by atoms with Gasteiger partial charge in [0, 0.05) is 0 Å². The summed E-state index contributed by atoms with van der Waals surface area (Å²) in [6, 6.07) is 32.7. The molecule has 0 spiro atoms. The number of rotatable bonds is 3. The summed E-state index contributed by atoms with van der Waals surface area (Å²) in [5, 5.41) is 3.76. The van der Waals surface area contributed by atoms with Gasteiger partial charge in [0.25, 0.3) is 0 Å². The fourth-order valence-corrected chi connectivity index (χ4v) is 5.27. The van der Waals surface area contributed by atoms with Gasteiger partial charge in [-0.2, -0.15) is 30.3 Å². The summed E-state index contributed by atoms with van der Waals surface area (Å²) in [7, 11) is 0. The molecule has 0 aliphatic carbocycles. The monoisotopic (exact) mass is 282 g/mol. The second kappa shape index (κ2) is 7.01. The van der Waals surface area contributed by atoms with Crippen molar-refractivity contribution < 1.29 is 18.9 Å². The van der Waals surface area contributed by atoms with Crippen LogP contribution < -0.4 is 34.8 Å². The summed E-state index contributed by atoms with van der Waals surface area (Å²) < 4.78 is 0. The molecular weight excluding hydrogens is 266 g/mol. The molecule has 0 amide bonds. The van der Waals surface area contributed by atoms with Gasteiger partial charge in [-0.1, -0.05) is 73.8 Å². The molecule has 0 aliphatic heterocycles. The van der Waals surface area contributed by atoms with Crippen molar-refractivity contribution >= 4 is 29.1 Å². The number of benzene rings is 3. The topological polar surface area (TPSA) is 0 Å². The maximum absolute atomic E-state index is 4.66. The first-order valence-corrected chi connectivity index (χ1v) is 8.61. The Morgan fingerprint density at radius 2 is 1.14 bits per heavy atom. The Kier molecular flexibility index (Phi) is 5.32. The van der Waals surface area contributed by atoms with Gasteiger partial charge in [0.05, 0.1) is 0 Å². The van der Waals surface area contributed by atoms with Crippen LogP contribution in [0.2, 0.25) is 0 Å². The van der Waals surface area contributed by atoms with E-state index in [9.17, 15) is 0 Å². The van der Waals surface area contributed by atoms with Crippen molar-refractivity contribution in [1.29, 1.82) is 0 Å². The van der Waals surface area contributed by atoms with Crippen LogP contribution in [0.25, 0.3) is 0 Å². The van der Waals surface area contributed by atoms with Crippen molar-refractivity contribution in [1.82, 2.24) is 0 Å². The van der Waals surface area contributed by atoms with Gasteiger partial charge in [0.2, 0.25) is 0 Å². The minimum Gasteiger partial charge on any atom is -0.176 e. The van der Waals surface area contributed by atoms with Crippen molar-refractivity contribution in [2.24, 2.45) is 0 Å². The zero-order chi connectivity index (χ0) is 13.8. The minimum absolute atomic E-state index is 0.